The monoisotopic (exact) mass is 254 g/mol. The van der Waals surface area contributed by atoms with Crippen LogP contribution in [-0.2, 0) is 0 Å². The Bertz CT molecular complexity index is 314. The van der Waals surface area contributed by atoms with E-state index in [2.05, 4.69) is 39.2 Å². The van der Waals surface area contributed by atoms with Gasteiger partial charge in [0.25, 0.3) is 0 Å². The Morgan fingerprint density at radius 2 is 2.36 bits per heavy atom. The largest absolute Gasteiger partial charge is 0.316 e. The number of rotatable bonds is 1. The summed E-state index contributed by atoms with van der Waals surface area (Å²) in [7, 11) is 0. The van der Waals surface area contributed by atoms with Crippen molar-refractivity contribution in [2.24, 2.45) is 5.92 Å². The highest BCUT2D eigenvalue weighted by molar-refractivity contribution is 9.10. The van der Waals surface area contributed by atoms with Crippen molar-refractivity contribution in [2.45, 2.75) is 19.3 Å². The molecule has 0 aromatic carbocycles. The molecule has 2 nitrogen and oxygen atoms in total. The minimum atomic E-state index is 0.668. The molecule has 1 saturated heterocycles. The fourth-order valence-corrected chi connectivity index (χ4v) is 2.52. The van der Waals surface area contributed by atoms with E-state index in [4.69, 9.17) is 0 Å². The summed E-state index contributed by atoms with van der Waals surface area (Å²) in [5, 5.41) is 3.42. The number of nitrogens with one attached hydrogen (secondary N) is 1. The van der Waals surface area contributed by atoms with Crippen LogP contribution >= 0.6 is 15.9 Å². The summed E-state index contributed by atoms with van der Waals surface area (Å²) in [5.41, 5.74) is 1.37. The third kappa shape index (κ3) is 2.15. The Labute approximate surface area is 93.3 Å². The smallest absolute Gasteiger partial charge is 0.0410 e. The predicted octanol–water partition coefficient (Wildman–Crippen LogP) is 2.56. The van der Waals surface area contributed by atoms with Gasteiger partial charge in [0.1, 0.15) is 0 Å². The highest BCUT2D eigenvalue weighted by Crippen LogP contribution is 2.30. The number of hydrogen-bond donors (Lipinski definition) is 1. The zero-order valence-electron chi connectivity index (χ0n) is 8.33. The third-order valence-electron chi connectivity index (χ3n) is 2.94. The molecule has 2 heterocycles. The van der Waals surface area contributed by atoms with Gasteiger partial charge in [0.05, 0.1) is 0 Å². The lowest BCUT2D eigenvalue weighted by atomic mass is 9.83. The Morgan fingerprint density at radius 3 is 3.07 bits per heavy atom. The molecule has 0 saturated carbocycles. The van der Waals surface area contributed by atoms with E-state index in [0.717, 1.165) is 17.6 Å². The summed E-state index contributed by atoms with van der Waals surface area (Å²) in [4.78, 5) is 4.23. The van der Waals surface area contributed by atoms with Crippen LogP contribution in [0.2, 0.25) is 0 Å². The molecule has 0 aliphatic carbocycles. The van der Waals surface area contributed by atoms with Crippen LogP contribution in [0.4, 0.5) is 0 Å². The van der Waals surface area contributed by atoms with Crippen molar-refractivity contribution in [3.05, 3.63) is 28.5 Å². The minimum absolute atomic E-state index is 0.668. The van der Waals surface area contributed by atoms with Gasteiger partial charge in [0.2, 0.25) is 0 Å². The molecular weight excluding hydrogens is 240 g/mol. The maximum Gasteiger partial charge on any atom is 0.0410 e. The number of hydrogen-bond acceptors (Lipinski definition) is 2. The molecule has 1 aliphatic heterocycles. The Morgan fingerprint density at radius 1 is 1.50 bits per heavy atom. The quantitative estimate of drug-likeness (QED) is 0.834. The van der Waals surface area contributed by atoms with Gasteiger partial charge in [-0.2, -0.15) is 0 Å². The van der Waals surface area contributed by atoms with E-state index < -0.39 is 0 Å². The van der Waals surface area contributed by atoms with Gasteiger partial charge >= 0.3 is 0 Å². The second-order valence-corrected chi connectivity index (χ2v) is 4.93. The molecule has 2 unspecified atom stereocenters. The van der Waals surface area contributed by atoms with Gasteiger partial charge in [0, 0.05) is 16.9 Å². The second kappa shape index (κ2) is 4.41. The summed E-state index contributed by atoms with van der Waals surface area (Å²) >= 11 is 3.47. The summed E-state index contributed by atoms with van der Waals surface area (Å²) in [6.45, 7) is 4.55. The van der Waals surface area contributed by atoms with Gasteiger partial charge in [0.15, 0.2) is 0 Å². The van der Waals surface area contributed by atoms with Gasteiger partial charge < -0.3 is 5.32 Å². The lowest BCUT2D eigenvalue weighted by Crippen LogP contribution is -2.33. The minimum Gasteiger partial charge on any atom is -0.316 e. The zero-order valence-corrected chi connectivity index (χ0v) is 9.92. The van der Waals surface area contributed by atoms with E-state index in [1.807, 2.05) is 12.4 Å². The predicted molar refractivity (Wildman–Crippen MR) is 61.3 cm³/mol. The van der Waals surface area contributed by atoms with Crippen molar-refractivity contribution < 1.29 is 0 Å². The van der Waals surface area contributed by atoms with Crippen LogP contribution in [0.15, 0.2) is 22.9 Å². The molecule has 1 aromatic heterocycles. The maximum atomic E-state index is 4.23. The lowest BCUT2D eigenvalue weighted by molar-refractivity contribution is 0.349. The first-order valence-electron chi connectivity index (χ1n) is 5.08. The Balaban J connectivity index is 2.20. The van der Waals surface area contributed by atoms with Crippen LogP contribution in [0.3, 0.4) is 0 Å². The van der Waals surface area contributed by atoms with Crippen molar-refractivity contribution in [1.29, 1.82) is 0 Å². The molecule has 14 heavy (non-hydrogen) atoms. The van der Waals surface area contributed by atoms with E-state index in [-0.39, 0.29) is 0 Å². The molecule has 76 valence electrons. The fraction of sp³-hybridized carbons (Fsp3) is 0.545. The second-order valence-electron chi connectivity index (χ2n) is 4.01. The average Bonchev–Trinajstić information content (AvgIpc) is 2.18. The van der Waals surface area contributed by atoms with Gasteiger partial charge in [-0.15, -0.1) is 0 Å². The maximum absolute atomic E-state index is 4.23. The molecule has 0 spiro atoms. The lowest BCUT2D eigenvalue weighted by Gasteiger charge is -2.29. The van der Waals surface area contributed by atoms with Crippen LogP contribution in [0.25, 0.3) is 0 Å². The van der Waals surface area contributed by atoms with Crippen LogP contribution in [0.1, 0.15) is 24.8 Å². The highest BCUT2D eigenvalue weighted by atomic mass is 79.9. The van der Waals surface area contributed by atoms with E-state index >= 15 is 0 Å². The molecule has 0 radical (unpaired) electrons. The van der Waals surface area contributed by atoms with E-state index in [1.165, 1.54) is 12.0 Å². The fourth-order valence-electron chi connectivity index (χ4n) is 2.14. The molecule has 0 amide bonds. The van der Waals surface area contributed by atoms with Crippen molar-refractivity contribution in [1.82, 2.24) is 10.3 Å². The Kier molecular flexibility index (Phi) is 3.19. The standard InChI is InChI=1S/C11H15BrN2/c1-8-5-13-3-2-11(8)9-4-10(12)7-14-6-9/h4,6-8,11,13H,2-3,5H2,1H3. The van der Waals surface area contributed by atoms with Crippen molar-refractivity contribution in [2.75, 3.05) is 13.1 Å². The van der Waals surface area contributed by atoms with E-state index in [9.17, 15) is 0 Å². The zero-order chi connectivity index (χ0) is 9.97. The number of halogens is 1. The Hall–Kier alpha value is -0.410. The first-order valence-corrected chi connectivity index (χ1v) is 5.88. The van der Waals surface area contributed by atoms with Gasteiger partial charge in [-0.1, -0.05) is 6.92 Å². The molecule has 1 aromatic rings. The normalized spacial score (nSPS) is 27.6. The summed E-state index contributed by atoms with van der Waals surface area (Å²) in [5.74, 6) is 1.38. The van der Waals surface area contributed by atoms with Crippen molar-refractivity contribution in [3.63, 3.8) is 0 Å². The first-order chi connectivity index (χ1) is 6.77. The van der Waals surface area contributed by atoms with Crippen molar-refractivity contribution >= 4 is 15.9 Å². The number of piperidine rings is 1. The SMILES string of the molecule is CC1CNCCC1c1cncc(Br)c1. The molecule has 2 rings (SSSR count). The highest BCUT2D eigenvalue weighted by Gasteiger charge is 2.22. The van der Waals surface area contributed by atoms with Crippen LogP contribution in [0.5, 0.6) is 0 Å². The molecule has 1 N–H and O–H groups in total. The number of pyridine rings is 1. The molecule has 3 heteroatoms. The van der Waals surface area contributed by atoms with Crippen molar-refractivity contribution in [3.8, 4) is 0 Å². The summed E-state index contributed by atoms with van der Waals surface area (Å²) < 4.78 is 1.08. The van der Waals surface area contributed by atoms with Gasteiger partial charge in [-0.25, -0.2) is 0 Å². The average molecular weight is 255 g/mol. The number of nitrogens with zero attached hydrogens (tertiary/aromatic N) is 1. The van der Waals surface area contributed by atoms with E-state index in [1.54, 1.807) is 0 Å². The first kappa shape index (κ1) is 10.1. The molecular formula is C11H15BrN2. The third-order valence-corrected chi connectivity index (χ3v) is 3.37. The van der Waals surface area contributed by atoms with E-state index in [0.29, 0.717) is 11.8 Å². The van der Waals surface area contributed by atoms with Crippen LogP contribution in [-0.4, -0.2) is 18.1 Å². The van der Waals surface area contributed by atoms with Crippen LogP contribution in [0, 0.1) is 5.92 Å². The summed E-state index contributed by atoms with van der Waals surface area (Å²) in [6, 6.07) is 2.19. The molecule has 0 bridgehead atoms. The summed E-state index contributed by atoms with van der Waals surface area (Å²) in [6.07, 6.45) is 5.06. The molecule has 2 atom stereocenters. The molecule has 1 aliphatic rings. The van der Waals surface area contributed by atoms with Gasteiger partial charge in [-0.3, -0.25) is 4.98 Å². The van der Waals surface area contributed by atoms with Crippen LogP contribution < -0.4 is 5.32 Å². The van der Waals surface area contributed by atoms with Gasteiger partial charge in [-0.05, 0) is 58.9 Å². The number of aromatic nitrogens is 1. The topological polar surface area (TPSA) is 24.9 Å². The molecule has 1 fully saturated rings.